The van der Waals surface area contributed by atoms with E-state index in [-0.39, 0.29) is 5.78 Å². The van der Waals surface area contributed by atoms with Crippen LogP contribution in [-0.2, 0) is 9.53 Å². The maximum atomic E-state index is 11.9. The molecule has 0 fully saturated rings. The molecule has 1 aliphatic carbocycles. The molecule has 2 aliphatic rings. The first kappa shape index (κ1) is 12.0. The second kappa shape index (κ2) is 4.36. The fraction of sp³-hybridized carbons (Fsp3) is 0.143. The summed E-state index contributed by atoms with van der Waals surface area (Å²) < 4.78 is 7.41. The largest absolute Gasteiger partial charge is 0.495 e. The first-order valence-corrected chi connectivity index (χ1v) is 7.79. The Morgan fingerprint density at radius 2 is 2.35 bits per heavy atom. The Hall–Kier alpha value is -1.79. The van der Waals surface area contributed by atoms with E-state index < -0.39 is 0 Å². The van der Waals surface area contributed by atoms with E-state index in [1.807, 2.05) is 10.8 Å². The van der Waals surface area contributed by atoms with E-state index in [1.165, 1.54) is 0 Å². The van der Waals surface area contributed by atoms with Gasteiger partial charge in [0.1, 0.15) is 5.76 Å². The van der Waals surface area contributed by atoms with Crippen LogP contribution >= 0.6 is 23.1 Å². The van der Waals surface area contributed by atoms with Crippen LogP contribution in [0.5, 0.6) is 0 Å². The number of thioether (sulfide) groups is 1. The molecule has 0 saturated heterocycles. The van der Waals surface area contributed by atoms with E-state index in [9.17, 15) is 4.79 Å². The van der Waals surface area contributed by atoms with Crippen LogP contribution in [0.2, 0.25) is 0 Å². The average molecular weight is 302 g/mol. The third-order valence-corrected chi connectivity index (χ3v) is 5.56. The maximum absolute atomic E-state index is 11.9. The Labute approximate surface area is 123 Å². The van der Waals surface area contributed by atoms with Gasteiger partial charge in [-0.3, -0.25) is 4.79 Å². The number of hydrogen-bond acceptors (Lipinski definition) is 5. The molecule has 4 rings (SSSR count). The van der Waals surface area contributed by atoms with Crippen LogP contribution in [0.3, 0.4) is 0 Å². The summed E-state index contributed by atoms with van der Waals surface area (Å²) in [5.41, 5.74) is 0.954. The monoisotopic (exact) mass is 302 g/mol. The van der Waals surface area contributed by atoms with Crippen molar-refractivity contribution in [2.75, 3.05) is 7.11 Å². The molecule has 0 amide bonds. The number of fused-ring (bicyclic) bond motifs is 4. The van der Waals surface area contributed by atoms with Crippen LogP contribution in [0.4, 0.5) is 0 Å². The molecule has 2 aromatic rings. The zero-order valence-electron chi connectivity index (χ0n) is 10.6. The van der Waals surface area contributed by atoms with Gasteiger partial charge in [0.2, 0.25) is 0 Å². The van der Waals surface area contributed by atoms with Gasteiger partial charge in [0.25, 0.3) is 0 Å². The summed E-state index contributed by atoms with van der Waals surface area (Å²) >= 11 is 3.31. The van der Waals surface area contributed by atoms with Crippen molar-refractivity contribution in [1.29, 1.82) is 0 Å². The molecule has 0 radical (unpaired) electrons. The summed E-state index contributed by atoms with van der Waals surface area (Å²) in [5.74, 6) is 1.60. The number of ketones is 1. The van der Waals surface area contributed by atoms with Crippen molar-refractivity contribution >= 4 is 34.6 Å². The zero-order valence-corrected chi connectivity index (χ0v) is 12.3. The lowest BCUT2D eigenvalue weighted by Crippen LogP contribution is -2.11. The minimum absolute atomic E-state index is 0.0612. The van der Waals surface area contributed by atoms with Gasteiger partial charge in [-0.2, -0.15) is 0 Å². The minimum Gasteiger partial charge on any atom is -0.495 e. The standard InChI is InChI=1S/C14H10N2O2S2/c1-18-10-7-8(17)6-9-12(10)20-11-2-5-19-13(11)14-15-3-4-16(9)14/h2-5,7H,6H2,1H3. The Balaban J connectivity index is 2.01. The van der Waals surface area contributed by atoms with Crippen molar-refractivity contribution in [3.63, 3.8) is 0 Å². The van der Waals surface area contributed by atoms with E-state index in [2.05, 4.69) is 16.4 Å². The van der Waals surface area contributed by atoms with Crippen molar-refractivity contribution in [1.82, 2.24) is 9.55 Å². The minimum atomic E-state index is 0.0612. The maximum Gasteiger partial charge on any atom is 0.165 e. The second-order valence-corrected chi connectivity index (χ2v) is 6.44. The smallest absolute Gasteiger partial charge is 0.165 e. The van der Waals surface area contributed by atoms with Crippen molar-refractivity contribution in [2.24, 2.45) is 0 Å². The topological polar surface area (TPSA) is 44.1 Å². The number of thiophene rings is 1. The van der Waals surface area contributed by atoms with Gasteiger partial charge < -0.3 is 9.30 Å². The molecule has 0 atom stereocenters. The van der Waals surface area contributed by atoms with Crippen LogP contribution < -0.4 is 0 Å². The third-order valence-electron chi connectivity index (χ3n) is 3.32. The molecular weight excluding hydrogens is 292 g/mol. The zero-order chi connectivity index (χ0) is 13.7. The van der Waals surface area contributed by atoms with E-state index in [4.69, 9.17) is 4.74 Å². The molecule has 6 heteroatoms. The number of carbonyl (C=O) groups excluding carboxylic acids is 1. The molecule has 100 valence electrons. The summed E-state index contributed by atoms with van der Waals surface area (Å²) in [7, 11) is 1.60. The Morgan fingerprint density at radius 1 is 1.45 bits per heavy atom. The number of aromatic nitrogens is 2. The highest BCUT2D eigenvalue weighted by molar-refractivity contribution is 8.03. The molecule has 0 aromatic carbocycles. The van der Waals surface area contributed by atoms with Crippen molar-refractivity contribution in [3.05, 3.63) is 40.6 Å². The average Bonchev–Trinajstić information content (AvgIpc) is 3.06. The molecular formula is C14H10N2O2S2. The van der Waals surface area contributed by atoms with Gasteiger partial charge in [-0.1, -0.05) is 11.8 Å². The number of allylic oxidation sites excluding steroid dienone is 2. The molecule has 4 nitrogen and oxygen atoms in total. The highest BCUT2D eigenvalue weighted by atomic mass is 32.2. The summed E-state index contributed by atoms with van der Waals surface area (Å²) in [6, 6.07) is 2.09. The number of methoxy groups -OCH3 is 1. The number of carbonyl (C=O) groups is 1. The Morgan fingerprint density at radius 3 is 3.20 bits per heavy atom. The van der Waals surface area contributed by atoms with Gasteiger partial charge >= 0.3 is 0 Å². The van der Waals surface area contributed by atoms with E-state index in [0.29, 0.717) is 12.2 Å². The number of imidazole rings is 1. The molecule has 0 saturated carbocycles. The first-order valence-electron chi connectivity index (χ1n) is 6.09. The highest BCUT2D eigenvalue weighted by Gasteiger charge is 2.29. The summed E-state index contributed by atoms with van der Waals surface area (Å²) in [5, 5.41) is 2.06. The molecule has 2 aromatic heterocycles. The summed E-state index contributed by atoms with van der Waals surface area (Å²) in [6.45, 7) is 0. The number of ether oxygens (including phenoxy) is 1. The van der Waals surface area contributed by atoms with Gasteiger partial charge in [-0.15, -0.1) is 11.3 Å². The van der Waals surface area contributed by atoms with E-state index in [1.54, 1.807) is 42.5 Å². The van der Waals surface area contributed by atoms with Gasteiger partial charge in [-0.25, -0.2) is 4.98 Å². The normalized spacial score (nSPS) is 17.1. The molecule has 1 aliphatic heterocycles. The van der Waals surface area contributed by atoms with E-state index in [0.717, 1.165) is 26.2 Å². The van der Waals surface area contributed by atoms with Crippen LogP contribution in [0.1, 0.15) is 6.42 Å². The van der Waals surface area contributed by atoms with Gasteiger partial charge in [0.15, 0.2) is 11.6 Å². The number of rotatable bonds is 1. The predicted octanol–water partition coefficient (Wildman–Crippen LogP) is 3.39. The van der Waals surface area contributed by atoms with Crippen molar-refractivity contribution in [3.8, 4) is 10.7 Å². The third kappa shape index (κ3) is 1.61. The summed E-state index contributed by atoms with van der Waals surface area (Å²) in [4.78, 5) is 19.7. The Kier molecular flexibility index (Phi) is 2.61. The highest BCUT2D eigenvalue weighted by Crippen LogP contribution is 2.48. The fourth-order valence-electron chi connectivity index (χ4n) is 2.45. The lowest BCUT2D eigenvalue weighted by molar-refractivity contribution is -0.114. The molecule has 0 spiro atoms. The Bertz CT molecular complexity index is 783. The quantitative estimate of drug-likeness (QED) is 0.810. The van der Waals surface area contributed by atoms with Crippen LogP contribution in [0.25, 0.3) is 16.4 Å². The first-order chi connectivity index (χ1) is 9.78. The van der Waals surface area contributed by atoms with Gasteiger partial charge in [0, 0.05) is 29.1 Å². The van der Waals surface area contributed by atoms with Crippen LogP contribution in [0, 0.1) is 0 Å². The van der Waals surface area contributed by atoms with Gasteiger partial charge in [-0.05, 0) is 11.4 Å². The molecule has 0 unspecified atom stereocenters. The summed E-state index contributed by atoms with van der Waals surface area (Å²) in [6.07, 6.45) is 5.65. The molecule has 0 bridgehead atoms. The molecule has 20 heavy (non-hydrogen) atoms. The molecule has 3 heterocycles. The number of hydrogen-bond donors (Lipinski definition) is 0. The number of nitrogens with zero attached hydrogens (tertiary/aromatic N) is 2. The van der Waals surface area contributed by atoms with Crippen molar-refractivity contribution in [2.45, 2.75) is 11.3 Å². The van der Waals surface area contributed by atoms with E-state index >= 15 is 0 Å². The second-order valence-electron chi connectivity index (χ2n) is 4.47. The SMILES string of the molecule is COC1=CC(=O)CC2=C1Sc1ccsc1-c1nccn12. The van der Waals surface area contributed by atoms with Crippen LogP contribution in [-0.4, -0.2) is 22.4 Å². The van der Waals surface area contributed by atoms with Gasteiger partial charge in [0.05, 0.1) is 23.3 Å². The lowest BCUT2D eigenvalue weighted by Gasteiger charge is -2.19. The lowest BCUT2D eigenvalue weighted by atomic mass is 10.1. The fourth-order valence-corrected chi connectivity index (χ4v) is 4.65. The van der Waals surface area contributed by atoms with Crippen molar-refractivity contribution < 1.29 is 9.53 Å². The van der Waals surface area contributed by atoms with Crippen LogP contribution in [0.15, 0.2) is 45.5 Å². The predicted molar refractivity (Wildman–Crippen MR) is 79.3 cm³/mol. The molecule has 0 N–H and O–H groups in total.